The van der Waals surface area contributed by atoms with Crippen LogP contribution in [0, 0.1) is 0 Å². The van der Waals surface area contributed by atoms with Crippen molar-refractivity contribution in [1.82, 2.24) is 0 Å². The highest BCUT2D eigenvalue weighted by Crippen LogP contribution is 2.37. The third-order valence-electron chi connectivity index (χ3n) is 1.89. The van der Waals surface area contributed by atoms with Crippen LogP contribution >= 0.6 is 22.6 Å². The quantitative estimate of drug-likeness (QED) is 0.514. The Labute approximate surface area is 79.9 Å². The van der Waals surface area contributed by atoms with E-state index in [0.717, 1.165) is 18.8 Å². The molecule has 0 fully saturated rings. The molecule has 1 aromatic carbocycles. The fourth-order valence-electron chi connectivity index (χ4n) is 1.30. The van der Waals surface area contributed by atoms with Crippen molar-refractivity contribution in [2.45, 2.75) is 10.3 Å². The van der Waals surface area contributed by atoms with Crippen molar-refractivity contribution >= 4 is 22.6 Å². The first-order chi connectivity index (χ1) is 5.38. The Hall–Kier alpha value is -0.250. The van der Waals surface area contributed by atoms with E-state index in [0.29, 0.717) is 3.92 Å². The molecule has 2 rings (SSSR count). The van der Waals surface area contributed by atoms with Gasteiger partial charge in [-0.2, -0.15) is 0 Å². The minimum absolute atomic E-state index is 0.637. The molecule has 0 saturated carbocycles. The minimum atomic E-state index is 0.637. The number of hydrogen-bond donors (Lipinski definition) is 0. The van der Waals surface area contributed by atoms with E-state index in [2.05, 4.69) is 34.7 Å². The van der Waals surface area contributed by atoms with E-state index in [1.807, 2.05) is 12.1 Å². The Kier molecular flexibility index (Phi) is 2.02. The normalized spacial score (nSPS) is 22.1. The molecule has 0 radical (unpaired) electrons. The summed E-state index contributed by atoms with van der Waals surface area (Å²) in [6.07, 6.45) is 1.14. The van der Waals surface area contributed by atoms with Gasteiger partial charge in [-0.05, 0) is 12.5 Å². The molecule has 58 valence electrons. The number of fused-ring (bicyclic) bond motifs is 1. The average Bonchev–Trinajstić information content (AvgIpc) is 2.06. The third-order valence-corrected chi connectivity index (χ3v) is 3.18. The second-order valence-corrected chi connectivity index (χ2v) is 4.15. The summed E-state index contributed by atoms with van der Waals surface area (Å²) in [5.41, 5.74) is 1.35. The highest BCUT2D eigenvalue weighted by atomic mass is 127. The lowest BCUT2D eigenvalue weighted by molar-refractivity contribution is 0.289. The zero-order valence-electron chi connectivity index (χ0n) is 6.09. The summed E-state index contributed by atoms with van der Waals surface area (Å²) < 4.78 is 6.13. The molecule has 1 heterocycles. The van der Waals surface area contributed by atoms with Gasteiger partial charge >= 0.3 is 0 Å². The summed E-state index contributed by atoms with van der Waals surface area (Å²) in [7, 11) is 0. The molecular weight excluding hydrogens is 251 g/mol. The molecule has 1 atom stereocenters. The first kappa shape index (κ1) is 7.40. The van der Waals surface area contributed by atoms with Gasteiger partial charge in [-0.1, -0.05) is 40.8 Å². The summed E-state index contributed by atoms with van der Waals surface area (Å²) in [6.45, 7) is 0.866. The van der Waals surface area contributed by atoms with Crippen LogP contribution in [0.4, 0.5) is 0 Å². The Morgan fingerprint density at radius 1 is 1.36 bits per heavy atom. The monoisotopic (exact) mass is 260 g/mol. The summed E-state index contributed by atoms with van der Waals surface area (Å²) in [4.78, 5) is 0. The molecule has 0 amide bonds. The van der Waals surface area contributed by atoms with E-state index in [4.69, 9.17) is 4.74 Å². The fourth-order valence-corrected chi connectivity index (χ4v) is 2.07. The highest BCUT2D eigenvalue weighted by Gasteiger charge is 2.17. The van der Waals surface area contributed by atoms with Crippen LogP contribution in [0.15, 0.2) is 24.3 Å². The molecule has 1 aromatic rings. The molecule has 0 aliphatic carbocycles. The van der Waals surface area contributed by atoms with Crippen molar-refractivity contribution in [3.05, 3.63) is 29.8 Å². The van der Waals surface area contributed by atoms with Gasteiger partial charge in [0.25, 0.3) is 0 Å². The standard InChI is InChI=1S/C9H9IO/c10-8-5-6-11-9-4-2-1-3-7(8)9/h1-4,8H,5-6H2. The van der Waals surface area contributed by atoms with E-state index in [-0.39, 0.29) is 0 Å². The number of hydrogen-bond acceptors (Lipinski definition) is 1. The third kappa shape index (κ3) is 1.36. The van der Waals surface area contributed by atoms with Crippen LogP contribution in [0.3, 0.4) is 0 Å². The van der Waals surface area contributed by atoms with Gasteiger partial charge < -0.3 is 4.74 Å². The SMILES string of the molecule is IC1CCOc2ccccc21. The lowest BCUT2D eigenvalue weighted by Crippen LogP contribution is -2.09. The van der Waals surface area contributed by atoms with Crippen LogP contribution in [0.1, 0.15) is 15.9 Å². The summed E-state index contributed by atoms with van der Waals surface area (Å²) in [6, 6.07) is 8.28. The Morgan fingerprint density at radius 2 is 2.18 bits per heavy atom. The van der Waals surface area contributed by atoms with Gasteiger partial charge in [0, 0.05) is 9.49 Å². The van der Waals surface area contributed by atoms with Crippen LogP contribution in [-0.4, -0.2) is 6.61 Å². The zero-order valence-corrected chi connectivity index (χ0v) is 8.24. The Morgan fingerprint density at radius 3 is 3.00 bits per heavy atom. The van der Waals surface area contributed by atoms with Gasteiger partial charge in [-0.3, -0.25) is 0 Å². The molecule has 0 bridgehead atoms. The lowest BCUT2D eigenvalue weighted by atomic mass is 10.1. The number of alkyl halides is 1. The van der Waals surface area contributed by atoms with Crippen molar-refractivity contribution < 1.29 is 4.74 Å². The van der Waals surface area contributed by atoms with Crippen molar-refractivity contribution in [3.8, 4) is 5.75 Å². The van der Waals surface area contributed by atoms with E-state index < -0.39 is 0 Å². The van der Waals surface area contributed by atoms with Gasteiger partial charge in [-0.25, -0.2) is 0 Å². The number of benzene rings is 1. The first-order valence-corrected chi connectivity index (χ1v) is 4.98. The van der Waals surface area contributed by atoms with Gasteiger partial charge in [0.05, 0.1) is 6.61 Å². The molecular formula is C9H9IO. The summed E-state index contributed by atoms with van der Waals surface area (Å²) in [5, 5.41) is 0. The summed E-state index contributed by atoms with van der Waals surface area (Å²) in [5.74, 6) is 1.07. The van der Waals surface area contributed by atoms with Crippen LogP contribution < -0.4 is 4.74 Å². The molecule has 11 heavy (non-hydrogen) atoms. The number of rotatable bonds is 0. The predicted octanol–water partition coefficient (Wildman–Crippen LogP) is 2.95. The smallest absolute Gasteiger partial charge is 0.123 e. The Balaban J connectivity index is 2.44. The maximum atomic E-state index is 5.49. The van der Waals surface area contributed by atoms with Gasteiger partial charge in [-0.15, -0.1) is 0 Å². The van der Waals surface area contributed by atoms with E-state index in [1.165, 1.54) is 5.56 Å². The lowest BCUT2D eigenvalue weighted by Gasteiger charge is -2.21. The van der Waals surface area contributed by atoms with Crippen molar-refractivity contribution in [1.29, 1.82) is 0 Å². The van der Waals surface area contributed by atoms with E-state index in [1.54, 1.807) is 0 Å². The van der Waals surface area contributed by atoms with Crippen LogP contribution in [0.2, 0.25) is 0 Å². The molecule has 0 spiro atoms. The first-order valence-electron chi connectivity index (χ1n) is 3.74. The molecule has 2 heteroatoms. The van der Waals surface area contributed by atoms with Crippen LogP contribution in [0.5, 0.6) is 5.75 Å². The van der Waals surface area contributed by atoms with Crippen molar-refractivity contribution in [2.75, 3.05) is 6.61 Å². The molecule has 1 nitrogen and oxygen atoms in total. The van der Waals surface area contributed by atoms with Crippen molar-refractivity contribution in [3.63, 3.8) is 0 Å². The number of para-hydroxylation sites is 1. The largest absolute Gasteiger partial charge is 0.493 e. The maximum absolute atomic E-state index is 5.49. The predicted molar refractivity (Wildman–Crippen MR) is 53.3 cm³/mol. The van der Waals surface area contributed by atoms with E-state index in [9.17, 15) is 0 Å². The fraction of sp³-hybridized carbons (Fsp3) is 0.333. The van der Waals surface area contributed by atoms with Gasteiger partial charge in [0.1, 0.15) is 5.75 Å². The topological polar surface area (TPSA) is 9.23 Å². The molecule has 1 unspecified atom stereocenters. The highest BCUT2D eigenvalue weighted by molar-refractivity contribution is 14.1. The van der Waals surface area contributed by atoms with Crippen LogP contribution in [-0.2, 0) is 0 Å². The zero-order chi connectivity index (χ0) is 7.68. The minimum Gasteiger partial charge on any atom is -0.493 e. The number of halogens is 1. The summed E-state index contributed by atoms with van der Waals surface area (Å²) >= 11 is 2.47. The molecule has 1 aliphatic heterocycles. The van der Waals surface area contributed by atoms with Crippen molar-refractivity contribution in [2.24, 2.45) is 0 Å². The average molecular weight is 260 g/mol. The second-order valence-electron chi connectivity index (χ2n) is 2.64. The molecule has 0 aromatic heterocycles. The number of ether oxygens (including phenoxy) is 1. The van der Waals surface area contributed by atoms with Gasteiger partial charge in [0.2, 0.25) is 0 Å². The molecule has 0 N–H and O–H groups in total. The van der Waals surface area contributed by atoms with Gasteiger partial charge in [0.15, 0.2) is 0 Å². The molecule has 0 saturated heterocycles. The Bertz CT molecular complexity index is 259. The van der Waals surface area contributed by atoms with Crippen LogP contribution in [0.25, 0.3) is 0 Å². The van der Waals surface area contributed by atoms with E-state index >= 15 is 0 Å². The maximum Gasteiger partial charge on any atom is 0.123 e. The second kappa shape index (κ2) is 3.01. The molecule has 1 aliphatic rings.